The van der Waals surface area contributed by atoms with E-state index >= 15 is 0 Å². The average Bonchev–Trinajstić information content (AvgIpc) is 1.23. The molecule has 1 nitrogen and oxygen atoms in total. The van der Waals surface area contributed by atoms with Gasteiger partial charge in [0.05, 0.1) is 0 Å². The number of nitrogens with two attached hydrogens (primary N) is 1. The number of rotatable bonds is 1. The van der Waals surface area contributed by atoms with Gasteiger partial charge in [0.25, 0.3) is 0 Å². The Morgan fingerprint density at radius 2 is 2.00 bits per heavy atom. The van der Waals surface area contributed by atoms with Crippen LogP contribution in [0.25, 0.3) is 0 Å². The van der Waals surface area contributed by atoms with Crippen LogP contribution in [0.1, 0.15) is 26.2 Å². The van der Waals surface area contributed by atoms with Crippen LogP contribution in [-0.4, -0.2) is 6.04 Å². The van der Waals surface area contributed by atoms with Crippen LogP contribution in [0.3, 0.4) is 0 Å². The molecule has 0 saturated heterocycles. The zero-order chi connectivity index (χ0) is 5.28. The Hall–Kier alpha value is 0.250. The minimum absolute atomic E-state index is 0. The van der Waals surface area contributed by atoms with Gasteiger partial charge in [0.15, 0.2) is 0 Å². The SMILES string of the molecule is C[C@@H](N)C1CCC1.Cl. The topological polar surface area (TPSA) is 26.0 Å². The third-order valence-corrected chi connectivity index (χ3v) is 1.89. The Labute approximate surface area is 57.1 Å². The summed E-state index contributed by atoms with van der Waals surface area (Å²) < 4.78 is 0. The molecule has 1 aliphatic rings. The van der Waals surface area contributed by atoms with Crippen molar-refractivity contribution in [2.75, 3.05) is 0 Å². The van der Waals surface area contributed by atoms with Crippen molar-refractivity contribution < 1.29 is 0 Å². The largest absolute Gasteiger partial charge is 0.328 e. The molecule has 0 aliphatic heterocycles. The van der Waals surface area contributed by atoms with E-state index in [4.69, 9.17) is 5.73 Å². The monoisotopic (exact) mass is 135 g/mol. The van der Waals surface area contributed by atoms with Gasteiger partial charge in [-0.3, -0.25) is 0 Å². The van der Waals surface area contributed by atoms with Gasteiger partial charge in [-0.05, 0) is 25.7 Å². The smallest absolute Gasteiger partial charge is 0.00387 e. The summed E-state index contributed by atoms with van der Waals surface area (Å²) in [5.41, 5.74) is 5.60. The van der Waals surface area contributed by atoms with Crippen LogP contribution in [0.15, 0.2) is 0 Å². The van der Waals surface area contributed by atoms with E-state index in [-0.39, 0.29) is 12.4 Å². The van der Waals surface area contributed by atoms with Crippen molar-refractivity contribution in [3.05, 3.63) is 0 Å². The molecule has 0 amide bonds. The highest BCUT2D eigenvalue weighted by molar-refractivity contribution is 5.85. The normalized spacial score (nSPS) is 23.2. The molecular weight excluding hydrogens is 122 g/mol. The van der Waals surface area contributed by atoms with E-state index in [1.165, 1.54) is 19.3 Å². The molecule has 1 rings (SSSR count). The Morgan fingerprint density at radius 1 is 1.50 bits per heavy atom. The fourth-order valence-electron chi connectivity index (χ4n) is 0.966. The molecule has 0 bridgehead atoms. The zero-order valence-corrected chi connectivity index (χ0v) is 6.08. The molecule has 1 saturated carbocycles. The second-order valence-electron chi connectivity index (χ2n) is 2.55. The quantitative estimate of drug-likeness (QED) is 0.580. The predicted octanol–water partition coefficient (Wildman–Crippen LogP) is 1.56. The highest BCUT2D eigenvalue weighted by Gasteiger charge is 2.20. The van der Waals surface area contributed by atoms with Crippen molar-refractivity contribution in [3.8, 4) is 0 Å². The predicted molar refractivity (Wildman–Crippen MR) is 38.2 cm³/mol. The maximum absolute atomic E-state index is 5.60. The summed E-state index contributed by atoms with van der Waals surface area (Å²) in [7, 11) is 0. The van der Waals surface area contributed by atoms with Crippen LogP contribution in [0.2, 0.25) is 0 Å². The van der Waals surface area contributed by atoms with Crippen LogP contribution >= 0.6 is 12.4 Å². The van der Waals surface area contributed by atoms with Gasteiger partial charge in [-0.2, -0.15) is 0 Å². The van der Waals surface area contributed by atoms with Gasteiger partial charge in [-0.15, -0.1) is 12.4 Å². The molecular formula is C6H14ClN. The lowest BCUT2D eigenvalue weighted by atomic mass is 9.81. The molecule has 0 aromatic rings. The summed E-state index contributed by atoms with van der Waals surface area (Å²) in [5, 5.41) is 0. The molecule has 2 N–H and O–H groups in total. The fourth-order valence-corrected chi connectivity index (χ4v) is 0.966. The fraction of sp³-hybridized carbons (Fsp3) is 1.00. The maximum Gasteiger partial charge on any atom is 0.00387 e. The minimum atomic E-state index is 0. The molecule has 50 valence electrons. The first kappa shape index (κ1) is 8.25. The van der Waals surface area contributed by atoms with Crippen molar-refractivity contribution in [2.45, 2.75) is 32.2 Å². The Bertz CT molecular complexity index is 59.5. The third kappa shape index (κ3) is 1.64. The van der Waals surface area contributed by atoms with Gasteiger partial charge in [0.2, 0.25) is 0 Å². The highest BCUT2D eigenvalue weighted by atomic mass is 35.5. The van der Waals surface area contributed by atoms with Crippen LogP contribution < -0.4 is 5.73 Å². The van der Waals surface area contributed by atoms with Crippen LogP contribution in [0.5, 0.6) is 0 Å². The Balaban J connectivity index is 0.000000490. The zero-order valence-electron chi connectivity index (χ0n) is 5.26. The summed E-state index contributed by atoms with van der Waals surface area (Å²) in [6.07, 6.45) is 4.15. The van der Waals surface area contributed by atoms with Gasteiger partial charge < -0.3 is 5.73 Å². The molecule has 0 aromatic carbocycles. The standard InChI is InChI=1S/C6H13N.ClH/c1-5(7)6-3-2-4-6;/h5-6H,2-4,7H2,1H3;1H/t5-;/m1./s1. The van der Waals surface area contributed by atoms with Crippen LogP contribution in [0, 0.1) is 5.92 Å². The number of hydrogen-bond acceptors (Lipinski definition) is 1. The molecule has 1 aliphatic carbocycles. The number of hydrogen-bond donors (Lipinski definition) is 1. The lowest BCUT2D eigenvalue weighted by Crippen LogP contribution is -2.31. The maximum atomic E-state index is 5.60. The summed E-state index contributed by atoms with van der Waals surface area (Å²) in [5.74, 6) is 0.861. The Kier molecular flexibility index (Phi) is 3.41. The number of halogens is 1. The van der Waals surface area contributed by atoms with Crippen molar-refractivity contribution in [3.63, 3.8) is 0 Å². The van der Waals surface area contributed by atoms with Crippen molar-refractivity contribution in [1.82, 2.24) is 0 Å². The summed E-state index contributed by atoms with van der Waals surface area (Å²) >= 11 is 0. The van der Waals surface area contributed by atoms with E-state index in [1.54, 1.807) is 0 Å². The second kappa shape index (κ2) is 3.31. The van der Waals surface area contributed by atoms with Gasteiger partial charge in [-0.25, -0.2) is 0 Å². The lowest BCUT2D eigenvalue weighted by Gasteiger charge is -2.28. The molecule has 0 unspecified atom stereocenters. The first-order valence-electron chi connectivity index (χ1n) is 3.06. The van der Waals surface area contributed by atoms with Gasteiger partial charge in [0, 0.05) is 6.04 Å². The van der Waals surface area contributed by atoms with Gasteiger partial charge in [-0.1, -0.05) is 6.42 Å². The average molecular weight is 136 g/mol. The van der Waals surface area contributed by atoms with Crippen LogP contribution in [-0.2, 0) is 0 Å². The van der Waals surface area contributed by atoms with Gasteiger partial charge >= 0.3 is 0 Å². The molecule has 0 heterocycles. The molecule has 1 fully saturated rings. The third-order valence-electron chi connectivity index (χ3n) is 1.89. The lowest BCUT2D eigenvalue weighted by molar-refractivity contribution is 0.273. The Morgan fingerprint density at radius 3 is 2.00 bits per heavy atom. The molecule has 0 radical (unpaired) electrons. The molecule has 0 aromatic heterocycles. The van der Waals surface area contributed by atoms with Gasteiger partial charge in [0.1, 0.15) is 0 Å². The van der Waals surface area contributed by atoms with Crippen molar-refractivity contribution in [2.24, 2.45) is 11.7 Å². The second-order valence-corrected chi connectivity index (χ2v) is 2.55. The van der Waals surface area contributed by atoms with E-state index in [2.05, 4.69) is 6.92 Å². The van der Waals surface area contributed by atoms with Crippen molar-refractivity contribution >= 4 is 12.4 Å². The molecule has 0 spiro atoms. The molecule has 2 heteroatoms. The molecule has 1 atom stereocenters. The van der Waals surface area contributed by atoms with E-state index < -0.39 is 0 Å². The first-order valence-corrected chi connectivity index (χ1v) is 3.06. The van der Waals surface area contributed by atoms with E-state index in [1.807, 2.05) is 0 Å². The summed E-state index contributed by atoms with van der Waals surface area (Å²) in [6.45, 7) is 2.10. The first-order chi connectivity index (χ1) is 3.30. The highest BCUT2D eigenvalue weighted by Crippen LogP contribution is 2.27. The minimum Gasteiger partial charge on any atom is -0.328 e. The van der Waals surface area contributed by atoms with E-state index in [0.29, 0.717) is 6.04 Å². The van der Waals surface area contributed by atoms with Crippen LogP contribution in [0.4, 0.5) is 0 Å². The molecule has 8 heavy (non-hydrogen) atoms. The summed E-state index contributed by atoms with van der Waals surface area (Å²) in [6, 6.07) is 0.453. The summed E-state index contributed by atoms with van der Waals surface area (Å²) in [4.78, 5) is 0. The van der Waals surface area contributed by atoms with E-state index in [0.717, 1.165) is 5.92 Å². The van der Waals surface area contributed by atoms with Crippen molar-refractivity contribution in [1.29, 1.82) is 0 Å². The van der Waals surface area contributed by atoms with E-state index in [9.17, 15) is 0 Å².